The SMILES string of the molecule is CNCc1nnn(CC(C)COC)c1C(C)C. The lowest BCUT2D eigenvalue weighted by Crippen LogP contribution is -2.17. The van der Waals surface area contributed by atoms with E-state index in [2.05, 4.69) is 36.4 Å². The Balaban J connectivity index is 2.84. The zero-order valence-electron chi connectivity index (χ0n) is 11.5. The summed E-state index contributed by atoms with van der Waals surface area (Å²) < 4.78 is 7.17. The molecule has 0 aliphatic carbocycles. The first-order valence-corrected chi connectivity index (χ1v) is 6.15. The summed E-state index contributed by atoms with van der Waals surface area (Å²) in [4.78, 5) is 0. The van der Waals surface area contributed by atoms with Gasteiger partial charge in [-0.1, -0.05) is 26.0 Å². The van der Waals surface area contributed by atoms with Crippen LogP contribution in [0.1, 0.15) is 38.1 Å². The van der Waals surface area contributed by atoms with Crippen LogP contribution < -0.4 is 5.32 Å². The molecule has 1 atom stereocenters. The van der Waals surface area contributed by atoms with Crippen molar-refractivity contribution >= 4 is 0 Å². The molecule has 0 spiro atoms. The maximum absolute atomic E-state index is 5.16. The number of hydrogen-bond acceptors (Lipinski definition) is 4. The number of nitrogens with zero attached hydrogens (tertiary/aromatic N) is 3. The molecular formula is C12H24N4O. The van der Waals surface area contributed by atoms with E-state index in [0.717, 1.165) is 25.4 Å². The fourth-order valence-corrected chi connectivity index (χ4v) is 2.05. The van der Waals surface area contributed by atoms with Crippen molar-refractivity contribution in [1.29, 1.82) is 0 Å². The average Bonchev–Trinajstić information content (AvgIpc) is 2.62. The lowest BCUT2D eigenvalue weighted by atomic mass is 10.1. The minimum absolute atomic E-state index is 0.433. The van der Waals surface area contributed by atoms with Crippen LogP contribution in [0.25, 0.3) is 0 Å². The van der Waals surface area contributed by atoms with Gasteiger partial charge in [-0.3, -0.25) is 0 Å². The Hall–Kier alpha value is -0.940. The van der Waals surface area contributed by atoms with Crippen LogP contribution in [-0.4, -0.2) is 35.8 Å². The molecule has 0 aliphatic rings. The highest BCUT2D eigenvalue weighted by atomic mass is 16.5. The number of aromatic nitrogens is 3. The summed E-state index contributed by atoms with van der Waals surface area (Å²) in [5.74, 6) is 0.879. The lowest BCUT2D eigenvalue weighted by Gasteiger charge is -2.14. The van der Waals surface area contributed by atoms with Crippen LogP contribution in [0.4, 0.5) is 0 Å². The van der Waals surface area contributed by atoms with Gasteiger partial charge in [-0.05, 0) is 18.9 Å². The molecule has 5 nitrogen and oxygen atoms in total. The normalized spacial score (nSPS) is 13.3. The summed E-state index contributed by atoms with van der Waals surface area (Å²) in [5, 5.41) is 11.6. The van der Waals surface area contributed by atoms with Gasteiger partial charge in [0.05, 0.1) is 18.0 Å². The van der Waals surface area contributed by atoms with Gasteiger partial charge in [-0.15, -0.1) is 5.10 Å². The van der Waals surface area contributed by atoms with E-state index >= 15 is 0 Å². The topological polar surface area (TPSA) is 52.0 Å². The maximum Gasteiger partial charge on any atom is 0.0999 e. The van der Waals surface area contributed by atoms with E-state index in [4.69, 9.17) is 4.74 Å². The molecule has 1 rings (SSSR count). The van der Waals surface area contributed by atoms with Gasteiger partial charge in [-0.25, -0.2) is 4.68 Å². The monoisotopic (exact) mass is 240 g/mol. The Morgan fingerprint density at radius 2 is 2.06 bits per heavy atom. The smallest absolute Gasteiger partial charge is 0.0999 e. The summed E-state index contributed by atoms with van der Waals surface area (Å²) in [6, 6.07) is 0. The van der Waals surface area contributed by atoms with Gasteiger partial charge in [0, 0.05) is 20.2 Å². The first kappa shape index (κ1) is 14.1. The van der Waals surface area contributed by atoms with E-state index in [1.807, 2.05) is 11.7 Å². The Kier molecular flexibility index (Phi) is 5.58. The molecule has 1 heterocycles. The van der Waals surface area contributed by atoms with Crippen molar-refractivity contribution in [2.45, 2.75) is 39.8 Å². The third kappa shape index (κ3) is 3.78. The quantitative estimate of drug-likeness (QED) is 0.783. The third-order valence-electron chi connectivity index (χ3n) is 2.67. The summed E-state index contributed by atoms with van der Waals surface area (Å²) >= 11 is 0. The molecule has 0 saturated heterocycles. The zero-order valence-corrected chi connectivity index (χ0v) is 11.5. The Bertz CT molecular complexity index is 335. The number of nitrogens with one attached hydrogen (secondary N) is 1. The molecule has 0 amide bonds. The first-order chi connectivity index (χ1) is 8.10. The minimum atomic E-state index is 0.433. The van der Waals surface area contributed by atoms with Crippen LogP contribution in [-0.2, 0) is 17.8 Å². The minimum Gasteiger partial charge on any atom is -0.384 e. The molecule has 0 fully saturated rings. The average molecular weight is 240 g/mol. The molecule has 0 aromatic carbocycles. The molecule has 5 heteroatoms. The van der Waals surface area contributed by atoms with Gasteiger partial charge < -0.3 is 10.1 Å². The van der Waals surface area contributed by atoms with E-state index in [9.17, 15) is 0 Å². The molecule has 1 N–H and O–H groups in total. The molecule has 0 bridgehead atoms. The highest BCUT2D eigenvalue weighted by molar-refractivity contribution is 5.14. The zero-order chi connectivity index (χ0) is 12.8. The second-order valence-corrected chi connectivity index (χ2v) is 4.85. The Morgan fingerprint density at radius 1 is 1.35 bits per heavy atom. The van der Waals surface area contributed by atoms with E-state index in [0.29, 0.717) is 11.8 Å². The predicted octanol–water partition coefficient (Wildman–Crippen LogP) is 1.40. The van der Waals surface area contributed by atoms with Crippen molar-refractivity contribution < 1.29 is 4.74 Å². The highest BCUT2D eigenvalue weighted by Gasteiger charge is 2.16. The second-order valence-electron chi connectivity index (χ2n) is 4.85. The maximum atomic E-state index is 5.16. The van der Waals surface area contributed by atoms with Gasteiger partial charge in [0.2, 0.25) is 0 Å². The van der Waals surface area contributed by atoms with Gasteiger partial charge >= 0.3 is 0 Å². The molecule has 1 aromatic heterocycles. The number of rotatable bonds is 7. The third-order valence-corrected chi connectivity index (χ3v) is 2.67. The number of hydrogen-bond donors (Lipinski definition) is 1. The van der Waals surface area contributed by atoms with Crippen molar-refractivity contribution in [3.63, 3.8) is 0 Å². The van der Waals surface area contributed by atoms with E-state index in [-0.39, 0.29) is 0 Å². The predicted molar refractivity (Wildman–Crippen MR) is 67.9 cm³/mol. The Morgan fingerprint density at radius 3 is 2.59 bits per heavy atom. The fraction of sp³-hybridized carbons (Fsp3) is 0.833. The lowest BCUT2D eigenvalue weighted by molar-refractivity contribution is 0.148. The fourth-order valence-electron chi connectivity index (χ4n) is 2.05. The van der Waals surface area contributed by atoms with E-state index in [1.165, 1.54) is 5.69 Å². The van der Waals surface area contributed by atoms with Gasteiger partial charge in [-0.2, -0.15) is 0 Å². The van der Waals surface area contributed by atoms with Crippen LogP contribution in [0, 0.1) is 5.92 Å². The molecule has 0 aliphatic heterocycles. The van der Waals surface area contributed by atoms with Crippen LogP contribution in [0.15, 0.2) is 0 Å². The van der Waals surface area contributed by atoms with Crippen molar-refractivity contribution in [3.8, 4) is 0 Å². The Labute approximate surface area is 104 Å². The van der Waals surface area contributed by atoms with Crippen molar-refractivity contribution in [2.24, 2.45) is 5.92 Å². The first-order valence-electron chi connectivity index (χ1n) is 6.15. The summed E-state index contributed by atoms with van der Waals surface area (Å²) in [6.45, 7) is 8.89. The van der Waals surface area contributed by atoms with Gasteiger partial charge in [0.1, 0.15) is 0 Å². The molecule has 0 radical (unpaired) electrons. The standard InChI is InChI=1S/C12H24N4O/c1-9(2)12-11(6-13-4)14-15-16(12)7-10(3)8-17-5/h9-10,13H,6-8H2,1-5H3. The molecule has 17 heavy (non-hydrogen) atoms. The van der Waals surface area contributed by atoms with E-state index in [1.54, 1.807) is 7.11 Å². The van der Waals surface area contributed by atoms with Crippen LogP contribution >= 0.6 is 0 Å². The van der Waals surface area contributed by atoms with Gasteiger partial charge in [0.25, 0.3) is 0 Å². The van der Waals surface area contributed by atoms with Crippen molar-refractivity contribution in [1.82, 2.24) is 20.3 Å². The molecule has 0 saturated carbocycles. The summed E-state index contributed by atoms with van der Waals surface area (Å²) in [6.07, 6.45) is 0. The van der Waals surface area contributed by atoms with Crippen LogP contribution in [0.3, 0.4) is 0 Å². The molecular weight excluding hydrogens is 216 g/mol. The number of ether oxygens (including phenoxy) is 1. The van der Waals surface area contributed by atoms with Gasteiger partial charge in [0.15, 0.2) is 0 Å². The number of methoxy groups -OCH3 is 1. The molecule has 98 valence electrons. The second kappa shape index (κ2) is 6.71. The summed E-state index contributed by atoms with van der Waals surface area (Å²) in [7, 11) is 3.66. The van der Waals surface area contributed by atoms with Crippen molar-refractivity contribution in [3.05, 3.63) is 11.4 Å². The molecule has 1 aromatic rings. The summed E-state index contributed by atoms with van der Waals surface area (Å²) in [5.41, 5.74) is 2.27. The van der Waals surface area contributed by atoms with E-state index < -0.39 is 0 Å². The van der Waals surface area contributed by atoms with Crippen LogP contribution in [0.5, 0.6) is 0 Å². The molecule has 1 unspecified atom stereocenters. The van der Waals surface area contributed by atoms with Crippen molar-refractivity contribution in [2.75, 3.05) is 20.8 Å². The van der Waals surface area contributed by atoms with Crippen LogP contribution in [0.2, 0.25) is 0 Å². The highest BCUT2D eigenvalue weighted by Crippen LogP contribution is 2.18. The largest absolute Gasteiger partial charge is 0.384 e.